The van der Waals surface area contributed by atoms with Crippen molar-refractivity contribution in [2.24, 2.45) is 5.92 Å². The van der Waals surface area contributed by atoms with Crippen LogP contribution >= 0.6 is 0 Å². The molecule has 128 valence electrons. The first-order chi connectivity index (χ1) is 11.6. The standard InChI is InChI=1S/C17H22N4O3/c1-21-10-8-14(22)13(11-21)16(23)18-9-7-15-19-17(24-20-15)12-5-3-2-4-6-12/h2-6,13-14,22H,7-11H2,1H3,(H,18,23)/t13-,14+/m1/s1. The molecule has 0 aliphatic carbocycles. The van der Waals surface area contributed by atoms with E-state index in [1.165, 1.54) is 0 Å². The van der Waals surface area contributed by atoms with Gasteiger partial charge in [0.2, 0.25) is 5.91 Å². The highest BCUT2D eigenvalue weighted by Crippen LogP contribution is 2.17. The zero-order valence-electron chi connectivity index (χ0n) is 13.7. The van der Waals surface area contributed by atoms with E-state index in [4.69, 9.17) is 4.52 Å². The zero-order valence-corrected chi connectivity index (χ0v) is 13.7. The average Bonchev–Trinajstić information content (AvgIpc) is 3.06. The van der Waals surface area contributed by atoms with Crippen LogP contribution in [0.5, 0.6) is 0 Å². The van der Waals surface area contributed by atoms with Crippen LogP contribution in [0.25, 0.3) is 11.5 Å². The maximum absolute atomic E-state index is 12.2. The van der Waals surface area contributed by atoms with E-state index in [1.54, 1.807) is 0 Å². The molecule has 7 nitrogen and oxygen atoms in total. The Balaban J connectivity index is 1.50. The Labute approximate surface area is 140 Å². The minimum atomic E-state index is -0.573. The predicted molar refractivity (Wildman–Crippen MR) is 88.1 cm³/mol. The second-order valence-electron chi connectivity index (χ2n) is 6.15. The van der Waals surface area contributed by atoms with Crippen molar-refractivity contribution in [3.8, 4) is 11.5 Å². The van der Waals surface area contributed by atoms with Gasteiger partial charge in [-0.3, -0.25) is 4.79 Å². The van der Waals surface area contributed by atoms with E-state index in [9.17, 15) is 9.90 Å². The molecule has 7 heteroatoms. The van der Waals surface area contributed by atoms with Gasteiger partial charge >= 0.3 is 0 Å². The van der Waals surface area contributed by atoms with Gasteiger partial charge in [-0.05, 0) is 25.6 Å². The van der Waals surface area contributed by atoms with Crippen LogP contribution in [0.4, 0.5) is 0 Å². The number of nitrogens with one attached hydrogen (secondary N) is 1. The third kappa shape index (κ3) is 3.98. The number of hydrogen-bond donors (Lipinski definition) is 2. The number of likely N-dealkylation sites (tertiary alicyclic amines) is 1. The minimum Gasteiger partial charge on any atom is -0.392 e. The quantitative estimate of drug-likeness (QED) is 0.839. The summed E-state index contributed by atoms with van der Waals surface area (Å²) in [6.45, 7) is 1.81. The lowest BCUT2D eigenvalue weighted by Crippen LogP contribution is -2.49. The summed E-state index contributed by atoms with van der Waals surface area (Å²) in [6.07, 6.45) is 0.539. The van der Waals surface area contributed by atoms with Crippen molar-refractivity contribution in [2.75, 3.05) is 26.7 Å². The van der Waals surface area contributed by atoms with Gasteiger partial charge in [0, 0.05) is 31.6 Å². The summed E-state index contributed by atoms with van der Waals surface area (Å²) in [5.74, 6) is 0.520. The second kappa shape index (κ2) is 7.55. The molecule has 1 aromatic carbocycles. The Morgan fingerprint density at radius 2 is 2.21 bits per heavy atom. The predicted octanol–water partition coefficient (Wildman–Crippen LogP) is 0.708. The van der Waals surface area contributed by atoms with Gasteiger partial charge in [-0.1, -0.05) is 23.4 Å². The number of carbonyl (C=O) groups is 1. The molecule has 1 aromatic heterocycles. The van der Waals surface area contributed by atoms with Crippen LogP contribution < -0.4 is 5.32 Å². The minimum absolute atomic E-state index is 0.124. The van der Waals surface area contributed by atoms with Crippen molar-refractivity contribution >= 4 is 5.91 Å². The Morgan fingerprint density at radius 1 is 1.42 bits per heavy atom. The largest absolute Gasteiger partial charge is 0.392 e. The SMILES string of the molecule is CN1CC[C@H](O)[C@H](C(=O)NCCc2noc(-c3ccccc3)n2)C1. The first kappa shape index (κ1) is 16.6. The zero-order chi connectivity index (χ0) is 16.9. The van der Waals surface area contributed by atoms with Crippen molar-refractivity contribution < 1.29 is 14.4 Å². The van der Waals surface area contributed by atoms with Crippen molar-refractivity contribution in [2.45, 2.75) is 18.9 Å². The molecule has 0 radical (unpaired) electrons. The molecule has 24 heavy (non-hydrogen) atoms. The van der Waals surface area contributed by atoms with E-state index in [2.05, 4.69) is 20.4 Å². The van der Waals surface area contributed by atoms with Gasteiger partial charge in [0.15, 0.2) is 5.82 Å². The van der Waals surface area contributed by atoms with E-state index < -0.39 is 6.10 Å². The van der Waals surface area contributed by atoms with Gasteiger partial charge in [-0.15, -0.1) is 0 Å². The highest BCUT2D eigenvalue weighted by molar-refractivity contribution is 5.79. The van der Waals surface area contributed by atoms with Crippen molar-refractivity contribution in [3.05, 3.63) is 36.2 Å². The van der Waals surface area contributed by atoms with E-state index in [0.717, 1.165) is 12.1 Å². The first-order valence-electron chi connectivity index (χ1n) is 8.16. The molecule has 1 fully saturated rings. The Morgan fingerprint density at radius 3 is 3.00 bits per heavy atom. The monoisotopic (exact) mass is 330 g/mol. The van der Waals surface area contributed by atoms with Gasteiger partial charge in [0.25, 0.3) is 5.89 Å². The van der Waals surface area contributed by atoms with Crippen molar-refractivity contribution in [3.63, 3.8) is 0 Å². The average molecular weight is 330 g/mol. The fraction of sp³-hybridized carbons (Fsp3) is 0.471. The number of carbonyl (C=O) groups excluding carboxylic acids is 1. The van der Waals surface area contributed by atoms with Crippen LogP contribution in [-0.4, -0.2) is 58.8 Å². The number of rotatable bonds is 5. The summed E-state index contributed by atoms with van der Waals surface area (Å²) in [5.41, 5.74) is 0.869. The lowest BCUT2D eigenvalue weighted by molar-refractivity contribution is -0.131. The number of aliphatic hydroxyl groups is 1. The highest BCUT2D eigenvalue weighted by atomic mass is 16.5. The number of aliphatic hydroxyl groups excluding tert-OH is 1. The number of amides is 1. The molecule has 1 aliphatic heterocycles. The molecular weight excluding hydrogens is 308 g/mol. The van der Waals surface area contributed by atoms with Crippen LogP contribution in [0, 0.1) is 5.92 Å². The summed E-state index contributed by atoms with van der Waals surface area (Å²) < 4.78 is 5.24. The van der Waals surface area contributed by atoms with E-state index in [0.29, 0.717) is 37.6 Å². The van der Waals surface area contributed by atoms with Crippen LogP contribution in [0.15, 0.2) is 34.9 Å². The number of piperidine rings is 1. The molecule has 0 saturated carbocycles. The third-order valence-corrected chi connectivity index (χ3v) is 4.25. The molecule has 0 spiro atoms. The Bertz CT molecular complexity index is 673. The van der Waals surface area contributed by atoms with Gasteiger partial charge in [0.1, 0.15) is 0 Å². The molecule has 3 rings (SSSR count). The number of nitrogens with zero attached hydrogens (tertiary/aromatic N) is 3. The summed E-state index contributed by atoms with van der Waals surface area (Å²) in [6, 6.07) is 9.55. The molecule has 1 amide bonds. The van der Waals surface area contributed by atoms with Gasteiger partial charge in [-0.2, -0.15) is 4.98 Å². The lowest BCUT2D eigenvalue weighted by atomic mass is 9.94. The number of hydrogen-bond acceptors (Lipinski definition) is 6. The van der Waals surface area contributed by atoms with E-state index in [1.807, 2.05) is 37.4 Å². The smallest absolute Gasteiger partial charge is 0.257 e. The lowest BCUT2D eigenvalue weighted by Gasteiger charge is -2.32. The maximum atomic E-state index is 12.2. The van der Waals surface area contributed by atoms with E-state index >= 15 is 0 Å². The molecule has 2 aromatic rings. The molecule has 1 aliphatic rings. The van der Waals surface area contributed by atoms with Crippen LogP contribution in [-0.2, 0) is 11.2 Å². The summed E-state index contributed by atoms with van der Waals surface area (Å²) in [4.78, 5) is 18.6. The Kier molecular flexibility index (Phi) is 5.22. The molecule has 1 saturated heterocycles. The molecule has 2 heterocycles. The molecule has 2 N–H and O–H groups in total. The maximum Gasteiger partial charge on any atom is 0.257 e. The molecular formula is C17H22N4O3. The van der Waals surface area contributed by atoms with Crippen LogP contribution in [0.1, 0.15) is 12.2 Å². The topological polar surface area (TPSA) is 91.5 Å². The fourth-order valence-corrected chi connectivity index (χ4v) is 2.84. The summed E-state index contributed by atoms with van der Waals surface area (Å²) in [5, 5.41) is 16.8. The number of aromatic nitrogens is 2. The van der Waals surface area contributed by atoms with Crippen LogP contribution in [0.3, 0.4) is 0 Å². The molecule has 0 bridgehead atoms. The van der Waals surface area contributed by atoms with Crippen molar-refractivity contribution in [1.29, 1.82) is 0 Å². The number of benzene rings is 1. The Hall–Kier alpha value is -2.25. The highest BCUT2D eigenvalue weighted by Gasteiger charge is 2.31. The van der Waals surface area contributed by atoms with Gasteiger partial charge in [0.05, 0.1) is 12.0 Å². The van der Waals surface area contributed by atoms with Crippen molar-refractivity contribution in [1.82, 2.24) is 20.4 Å². The van der Waals surface area contributed by atoms with Gasteiger partial charge < -0.3 is 19.8 Å². The van der Waals surface area contributed by atoms with Crippen LogP contribution in [0.2, 0.25) is 0 Å². The summed E-state index contributed by atoms with van der Waals surface area (Å²) >= 11 is 0. The first-order valence-corrected chi connectivity index (χ1v) is 8.16. The normalized spacial score (nSPS) is 21.6. The molecule has 2 atom stereocenters. The van der Waals surface area contributed by atoms with E-state index in [-0.39, 0.29) is 11.8 Å². The second-order valence-corrected chi connectivity index (χ2v) is 6.15. The molecule has 0 unspecified atom stereocenters. The van der Waals surface area contributed by atoms with Gasteiger partial charge in [-0.25, -0.2) is 0 Å². The summed E-state index contributed by atoms with van der Waals surface area (Å²) in [7, 11) is 1.95. The fourth-order valence-electron chi connectivity index (χ4n) is 2.84. The third-order valence-electron chi connectivity index (χ3n) is 4.25.